The molecule has 4 nitrogen and oxygen atoms in total. The predicted molar refractivity (Wildman–Crippen MR) is 91.1 cm³/mol. The van der Waals surface area contributed by atoms with Crippen molar-refractivity contribution in [1.82, 2.24) is 0 Å². The monoisotopic (exact) mass is 311 g/mol. The van der Waals surface area contributed by atoms with Crippen LogP contribution < -0.4 is 10.2 Å². The van der Waals surface area contributed by atoms with Crippen LogP contribution in [-0.4, -0.2) is 25.3 Å². The first-order chi connectivity index (χ1) is 10.7. The summed E-state index contributed by atoms with van der Waals surface area (Å²) in [7, 11) is 1.88. The van der Waals surface area contributed by atoms with Crippen LogP contribution in [0.4, 0.5) is 11.4 Å². The molecule has 0 heterocycles. The smallest absolute Gasteiger partial charge is 0.243 e. The quantitative estimate of drug-likeness (QED) is 0.831. The fraction of sp³-hybridized carbons (Fsp3) is 0.176. The van der Waals surface area contributed by atoms with Gasteiger partial charge in [0.05, 0.1) is 24.1 Å². The second-order valence-corrected chi connectivity index (χ2v) is 5.70. The minimum Gasteiger partial charge on any atom is -0.365 e. The van der Waals surface area contributed by atoms with E-state index in [4.69, 9.17) is 5.26 Å². The number of carbonyl (C=O) groups excluding carboxylic acids is 1. The maximum Gasteiger partial charge on any atom is 0.243 e. The normalized spacial score (nSPS) is 9.82. The standard InChI is InChI=1S/C17H17N3OS/c1-20(14-7-3-2-4-8-14)13-17(21)19-15-9-5-6-10-16(15)22-12-11-18/h2-10H,12-13H2,1H3,(H,19,21). The molecule has 2 rings (SSSR count). The molecule has 1 amide bonds. The third-order valence-corrected chi connectivity index (χ3v) is 3.97. The van der Waals surface area contributed by atoms with Gasteiger partial charge < -0.3 is 10.2 Å². The molecule has 0 spiro atoms. The lowest BCUT2D eigenvalue weighted by Crippen LogP contribution is -2.30. The van der Waals surface area contributed by atoms with Gasteiger partial charge in [-0.2, -0.15) is 5.26 Å². The molecule has 0 saturated heterocycles. The average Bonchev–Trinajstić information content (AvgIpc) is 2.54. The number of thioether (sulfide) groups is 1. The molecule has 0 unspecified atom stereocenters. The number of hydrogen-bond donors (Lipinski definition) is 1. The number of nitriles is 1. The highest BCUT2D eigenvalue weighted by Gasteiger charge is 2.10. The van der Waals surface area contributed by atoms with Crippen LogP contribution >= 0.6 is 11.8 Å². The van der Waals surface area contributed by atoms with Gasteiger partial charge in [-0.3, -0.25) is 4.79 Å². The second kappa shape index (κ2) is 8.11. The SMILES string of the molecule is CN(CC(=O)Nc1ccccc1SCC#N)c1ccccc1. The maximum absolute atomic E-state index is 12.2. The van der Waals surface area contributed by atoms with E-state index in [0.717, 1.165) is 16.3 Å². The predicted octanol–water partition coefficient (Wildman–Crippen LogP) is 3.38. The minimum atomic E-state index is -0.0867. The highest BCUT2D eigenvalue weighted by atomic mass is 32.2. The van der Waals surface area contributed by atoms with Crippen molar-refractivity contribution < 1.29 is 4.79 Å². The van der Waals surface area contributed by atoms with Crippen molar-refractivity contribution in [3.05, 3.63) is 54.6 Å². The molecule has 1 N–H and O–H groups in total. The van der Waals surface area contributed by atoms with Crippen molar-refractivity contribution in [2.45, 2.75) is 4.90 Å². The van der Waals surface area contributed by atoms with Crippen LogP contribution in [-0.2, 0) is 4.79 Å². The summed E-state index contributed by atoms with van der Waals surface area (Å²) in [5.41, 5.74) is 1.74. The molecule has 0 aliphatic carbocycles. The summed E-state index contributed by atoms with van der Waals surface area (Å²) in [6, 6.07) is 19.4. The highest BCUT2D eigenvalue weighted by Crippen LogP contribution is 2.26. The summed E-state index contributed by atoms with van der Waals surface area (Å²) in [5, 5.41) is 11.6. The number of likely N-dealkylation sites (N-methyl/N-ethyl adjacent to an activating group) is 1. The van der Waals surface area contributed by atoms with E-state index < -0.39 is 0 Å². The molecule has 5 heteroatoms. The van der Waals surface area contributed by atoms with Gasteiger partial charge in [-0.1, -0.05) is 30.3 Å². The Morgan fingerprint density at radius 1 is 1.18 bits per heavy atom. The lowest BCUT2D eigenvalue weighted by molar-refractivity contribution is -0.114. The first-order valence-electron chi connectivity index (χ1n) is 6.85. The summed E-state index contributed by atoms with van der Waals surface area (Å²) in [4.78, 5) is 15.0. The van der Waals surface area contributed by atoms with Gasteiger partial charge in [0.2, 0.25) is 5.91 Å². The summed E-state index contributed by atoms with van der Waals surface area (Å²) in [6.45, 7) is 0.265. The van der Waals surface area contributed by atoms with E-state index in [2.05, 4.69) is 11.4 Å². The highest BCUT2D eigenvalue weighted by molar-refractivity contribution is 7.99. The van der Waals surface area contributed by atoms with Gasteiger partial charge >= 0.3 is 0 Å². The number of rotatable bonds is 6. The average molecular weight is 311 g/mol. The zero-order valence-electron chi connectivity index (χ0n) is 12.3. The van der Waals surface area contributed by atoms with E-state index in [1.54, 1.807) is 0 Å². The van der Waals surface area contributed by atoms with Gasteiger partial charge in [-0.15, -0.1) is 11.8 Å². The van der Waals surface area contributed by atoms with Gasteiger partial charge in [0.25, 0.3) is 0 Å². The molecule has 0 aromatic heterocycles. The van der Waals surface area contributed by atoms with Crippen LogP contribution in [0.1, 0.15) is 0 Å². The number of benzene rings is 2. The molecule has 0 aliphatic heterocycles. The van der Waals surface area contributed by atoms with Crippen molar-refractivity contribution in [3.63, 3.8) is 0 Å². The van der Waals surface area contributed by atoms with Crippen LogP contribution in [0.2, 0.25) is 0 Å². The zero-order chi connectivity index (χ0) is 15.8. The number of para-hydroxylation sites is 2. The van der Waals surface area contributed by atoms with E-state index in [-0.39, 0.29) is 12.5 Å². The fourth-order valence-electron chi connectivity index (χ4n) is 1.98. The van der Waals surface area contributed by atoms with Gasteiger partial charge in [0, 0.05) is 17.6 Å². The van der Waals surface area contributed by atoms with Gasteiger partial charge in [-0.25, -0.2) is 0 Å². The van der Waals surface area contributed by atoms with Crippen molar-refractivity contribution in [2.24, 2.45) is 0 Å². The van der Waals surface area contributed by atoms with Gasteiger partial charge in [-0.05, 0) is 24.3 Å². The molecule has 0 saturated carbocycles. The fourth-order valence-corrected chi connectivity index (χ4v) is 2.65. The van der Waals surface area contributed by atoms with Crippen molar-refractivity contribution in [1.29, 1.82) is 5.26 Å². The number of nitrogens with one attached hydrogen (secondary N) is 1. The largest absolute Gasteiger partial charge is 0.365 e. The van der Waals surface area contributed by atoms with Crippen LogP contribution in [0.5, 0.6) is 0 Å². The van der Waals surface area contributed by atoms with Crippen LogP contribution in [0, 0.1) is 11.3 Å². The first-order valence-corrected chi connectivity index (χ1v) is 7.84. The summed E-state index contributed by atoms with van der Waals surface area (Å²) in [5.74, 6) is 0.271. The van der Waals surface area contributed by atoms with Crippen molar-refractivity contribution >= 4 is 29.0 Å². The summed E-state index contributed by atoms with van der Waals surface area (Å²) < 4.78 is 0. The number of anilines is 2. The molecule has 2 aromatic carbocycles. The summed E-state index contributed by atoms with van der Waals surface area (Å²) in [6.07, 6.45) is 0. The van der Waals surface area contributed by atoms with E-state index in [9.17, 15) is 4.79 Å². The molecule has 0 fully saturated rings. The third kappa shape index (κ3) is 4.54. The van der Waals surface area contributed by atoms with E-state index >= 15 is 0 Å². The Bertz CT molecular complexity index is 667. The molecular weight excluding hydrogens is 294 g/mol. The number of nitrogens with zero attached hydrogens (tertiary/aromatic N) is 2. The third-order valence-electron chi connectivity index (χ3n) is 3.03. The molecule has 0 atom stereocenters. The summed E-state index contributed by atoms with van der Waals surface area (Å²) >= 11 is 1.41. The minimum absolute atomic E-state index is 0.0867. The number of amides is 1. The molecular formula is C17H17N3OS. The van der Waals surface area contributed by atoms with Crippen LogP contribution in [0.25, 0.3) is 0 Å². The molecule has 2 aromatic rings. The van der Waals surface area contributed by atoms with Crippen molar-refractivity contribution in [2.75, 3.05) is 29.6 Å². The van der Waals surface area contributed by atoms with E-state index in [1.165, 1.54) is 11.8 Å². The Labute approximate surface area is 134 Å². The van der Waals surface area contributed by atoms with Crippen LogP contribution in [0.3, 0.4) is 0 Å². The van der Waals surface area contributed by atoms with Crippen LogP contribution in [0.15, 0.2) is 59.5 Å². The van der Waals surface area contributed by atoms with Gasteiger partial charge in [0.15, 0.2) is 0 Å². The van der Waals surface area contributed by atoms with E-state index in [1.807, 2.05) is 66.5 Å². The zero-order valence-corrected chi connectivity index (χ0v) is 13.1. The Morgan fingerprint density at radius 2 is 1.86 bits per heavy atom. The lowest BCUT2D eigenvalue weighted by atomic mass is 10.3. The number of hydrogen-bond acceptors (Lipinski definition) is 4. The first kappa shape index (κ1) is 15.9. The molecule has 112 valence electrons. The van der Waals surface area contributed by atoms with E-state index in [0.29, 0.717) is 5.75 Å². The molecule has 0 bridgehead atoms. The van der Waals surface area contributed by atoms with Crippen molar-refractivity contribution in [3.8, 4) is 6.07 Å². The second-order valence-electron chi connectivity index (χ2n) is 4.68. The Hall–Kier alpha value is -2.45. The number of carbonyl (C=O) groups is 1. The Kier molecular flexibility index (Phi) is 5.87. The Balaban J connectivity index is 1.99. The molecule has 0 radical (unpaired) electrons. The molecule has 22 heavy (non-hydrogen) atoms. The van der Waals surface area contributed by atoms with Gasteiger partial charge in [0.1, 0.15) is 0 Å². The maximum atomic E-state index is 12.2. The topological polar surface area (TPSA) is 56.1 Å². The molecule has 0 aliphatic rings. The Morgan fingerprint density at radius 3 is 2.59 bits per heavy atom. The lowest BCUT2D eigenvalue weighted by Gasteiger charge is -2.19.